The SMILES string of the molecule is CN(CCC(C)(N)CO)CCS(C)(=O)=O. The monoisotopic (exact) mass is 238 g/mol. The van der Waals surface area contributed by atoms with E-state index in [1.807, 2.05) is 11.9 Å². The fourth-order valence-electron chi connectivity index (χ4n) is 0.959. The third-order valence-corrected chi connectivity index (χ3v) is 3.19. The number of aliphatic hydroxyl groups is 1. The summed E-state index contributed by atoms with van der Waals surface area (Å²) in [5, 5.41) is 8.93. The zero-order chi connectivity index (χ0) is 12.1. The van der Waals surface area contributed by atoms with Crippen molar-refractivity contribution in [1.29, 1.82) is 0 Å². The molecular formula is C9H22N2O3S. The highest BCUT2D eigenvalue weighted by atomic mass is 32.2. The van der Waals surface area contributed by atoms with E-state index in [4.69, 9.17) is 10.8 Å². The van der Waals surface area contributed by atoms with Crippen molar-refractivity contribution in [3.05, 3.63) is 0 Å². The first-order chi connectivity index (χ1) is 6.66. The van der Waals surface area contributed by atoms with Crippen molar-refractivity contribution in [2.75, 3.05) is 38.8 Å². The minimum absolute atomic E-state index is 0.0626. The molecule has 0 aromatic heterocycles. The molecule has 0 heterocycles. The Morgan fingerprint density at radius 2 is 1.93 bits per heavy atom. The van der Waals surface area contributed by atoms with Gasteiger partial charge in [0.25, 0.3) is 0 Å². The number of sulfone groups is 1. The third kappa shape index (κ3) is 8.80. The average molecular weight is 238 g/mol. The van der Waals surface area contributed by atoms with Gasteiger partial charge in [-0.25, -0.2) is 8.42 Å². The Balaban J connectivity index is 3.81. The fourth-order valence-corrected chi connectivity index (χ4v) is 1.60. The number of aliphatic hydroxyl groups excluding tert-OH is 1. The van der Waals surface area contributed by atoms with Gasteiger partial charge in [-0.3, -0.25) is 0 Å². The average Bonchev–Trinajstić information content (AvgIpc) is 2.10. The van der Waals surface area contributed by atoms with Crippen LogP contribution in [0.2, 0.25) is 0 Å². The Hall–Kier alpha value is -0.170. The minimum atomic E-state index is -2.90. The van der Waals surface area contributed by atoms with Crippen molar-refractivity contribution in [3.8, 4) is 0 Å². The Bertz CT molecular complexity index is 275. The largest absolute Gasteiger partial charge is 0.394 e. The van der Waals surface area contributed by atoms with Crippen LogP contribution in [0.5, 0.6) is 0 Å². The first-order valence-corrected chi connectivity index (χ1v) is 6.98. The maximum absolute atomic E-state index is 10.9. The number of nitrogens with zero attached hydrogens (tertiary/aromatic N) is 1. The maximum atomic E-state index is 10.9. The van der Waals surface area contributed by atoms with E-state index in [0.29, 0.717) is 19.5 Å². The van der Waals surface area contributed by atoms with Crippen molar-refractivity contribution in [1.82, 2.24) is 4.90 Å². The highest BCUT2D eigenvalue weighted by Crippen LogP contribution is 2.04. The number of rotatable bonds is 7. The summed E-state index contributed by atoms with van der Waals surface area (Å²) in [7, 11) is -1.05. The summed E-state index contributed by atoms with van der Waals surface area (Å²) in [4.78, 5) is 1.90. The van der Waals surface area contributed by atoms with E-state index in [1.54, 1.807) is 6.92 Å². The molecule has 0 rings (SSSR count). The van der Waals surface area contributed by atoms with Crippen LogP contribution in [0.3, 0.4) is 0 Å². The summed E-state index contributed by atoms with van der Waals surface area (Å²) < 4.78 is 21.8. The summed E-state index contributed by atoms with van der Waals surface area (Å²) in [5.74, 6) is 0.157. The van der Waals surface area contributed by atoms with Crippen LogP contribution in [0, 0.1) is 0 Å². The van der Waals surface area contributed by atoms with Gasteiger partial charge in [0.05, 0.1) is 12.4 Å². The molecule has 0 aliphatic heterocycles. The lowest BCUT2D eigenvalue weighted by Gasteiger charge is -2.25. The van der Waals surface area contributed by atoms with Gasteiger partial charge in [0.2, 0.25) is 0 Å². The van der Waals surface area contributed by atoms with Crippen molar-refractivity contribution >= 4 is 9.84 Å². The smallest absolute Gasteiger partial charge is 0.148 e. The quantitative estimate of drug-likeness (QED) is 0.598. The van der Waals surface area contributed by atoms with E-state index in [-0.39, 0.29) is 12.4 Å². The van der Waals surface area contributed by atoms with Gasteiger partial charge < -0.3 is 15.7 Å². The molecule has 92 valence electrons. The zero-order valence-corrected chi connectivity index (χ0v) is 10.5. The molecule has 1 unspecified atom stereocenters. The number of nitrogens with two attached hydrogens (primary N) is 1. The van der Waals surface area contributed by atoms with Gasteiger partial charge in [0, 0.05) is 18.3 Å². The Kier molecular flexibility index (Phi) is 5.72. The van der Waals surface area contributed by atoms with Crippen LogP contribution in [-0.2, 0) is 9.84 Å². The number of hydrogen-bond donors (Lipinski definition) is 2. The van der Waals surface area contributed by atoms with Crippen molar-refractivity contribution in [2.24, 2.45) is 5.73 Å². The summed E-state index contributed by atoms with van der Waals surface area (Å²) in [6.45, 7) is 2.90. The number of hydrogen-bond acceptors (Lipinski definition) is 5. The predicted octanol–water partition coefficient (Wildman–Crippen LogP) is -0.937. The molecular weight excluding hydrogens is 216 g/mol. The molecule has 0 spiro atoms. The van der Waals surface area contributed by atoms with E-state index in [2.05, 4.69) is 0 Å². The van der Waals surface area contributed by atoms with Crippen molar-refractivity contribution in [3.63, 3.8) is 0 Å². The zero-order valence-electron chi connectivity index (χ0n) is 9.73. The highest BCUT2D eigenvalue weighted by Gasteiger charge is 2.17. The lowest BCUT2D eigenvalue weighted by atomic mass is 10.0. The van der Waals surface area contributed by atoms with E-state index in [0.717, 1.165) is 0 Å². The molecule has 3 N–H and O–H groups in total. The lowest BCUT2D eigenvalue weighted by molar-refractivity contribution is 0.185. The molecule has 15 heavy (non-hydrogen) atoms. The molecule has 0 saturated carbocycles. The summed E-state index contributed by atoms with van der Waals surface area (Å²) in [6.07, 6.45) is 1.87. The second kappa shape index (κ2) is 5.79. The Labute approximate surface area is 92.2 Å². The predicted molar refractivity (Wildman–Crippen MR) is 61.5 cm³/mol. The highest BCUT2D eigenvalue weighted by molar-refractivity contribution is 7.90. The molecule has 0 amide bonds. The molecule has 0 aromatic rings. The van der Waals surface area contributed by atoms with E-state index in [9.17, 15) is 8.42 Å². The van der Waals surface area contributed by atoms with E-state index in [1.165, 1.54) is 6.26 Å². The molecule has 0 aromatic carbocycles. The molecule has 6 heteroatoms. The van der Waals surface area contributed by atoms with Gasteiger partial charge in [-0.15, -0.1) is 0 Å². The Morgan fingerprint density at radius 1 is 1.40 bits per heavy atom. The molecule has 0 saturated heterocycles. The van der Waals surface area contributed by atoms with Gasteiger partial charge in [-0.2, -0.15) is 0 Å². The summed E-state index contributed by atoms with van der Waals surface area (Å²) >= 11 is 0. The fraction of sp³-hybridized carbons (Fsp3) is 1.00. The van der Waals surface area contributed by atoms with Gasteiger partial charge in [0.1, 0.15) is 9.84 Å². The van der Waals surface area contributed by atoms with E-state index >= 15 is 0 Å². The van der Waals surface area contributed by atoms with Crippen molar-refractivity contribution < 1.29 is 13.5 Å². The van der Waals surface area contributed by atoms with Gasteiger partial charge in [-0.05, 0) is 26.9 Å². The van der Waals surface area contributed by atoms with E-state index < -0.39 is 15.4 Å². The lowest BCUT2D eigenvalue weighted by Crippen LogP contribution is -2.43. The molecule has 0 aliphatic carbocycles. The minimum Gasteiger partial charge on any atom is -0.394 e. The van der Waals surface area contributed by atoms with Crippen LogP contribution in [0.25, 0.3) is 0 Å². The molecule has 0 aliphatic rings. The Morgan fingerprint density at radius 3 is 2.33 bits per heavy atom. The van der Waals surface area contributed by atoms with Crippen LogP contribution < -0.4 is 5.73 Å². The standard InChI is InChI=1S/C9H22N2O3S/c1-9(10,8-12)4-5-11(2)6-7-15(3,13)14/h12H,4-8,10H2,1-3H3. The first kappa shape index (κ1) is 14.8. The summed E-state index contributed by atoms with van der Waals surface area (Å²) in [5.41, 5.74) is 5.17. The summed E-state index contributed by atoms with van der Waals surface area (Å²) in [6, 6.07) is 0. The second-order valence-corrected chi connectivity index (χ2v) is 6.76. The first-order valence-electron chi connectivity index (χ1n) is 4.92. The normalized spacial score (nSPS) is 16.7. The maximum Gasteiger partial charge on any atom is 0.148 e. The molecule has 0 fully saturated rings. The topological polar surface area (TPSA) is 83.6 Å². The van der Waals surface area contributed by atoms with Crippen LogP contribution in [-0.4, -0.2) is 62.7 Å². The third-order valence-electron chi connectivity index (χ3n) is 2.27. The van der Waals surface area contributed by atoms with Crippen molar-refractivity contribution in [2.45, 2.75) is 18.9 Å². The molecule has 5 nitrogen and oxygen atoms in total. The van der Waals surface area contributed by atoms with Crippen LogP contribution in [0.4, 0.5) is 0 Å². The van der Waals surface area contributed by atoms with Crippen LogP contribution >= 0.6 is 0 Å². The molecule has 0 bridgehead atoms. The van der Waals surface area contributed by atoms with Gasteiger partial charge in [0.15, 0.2) is 0 Å². The van der Waals surface area contributed by atoms with Gasteiger partial charge >= 0.3 is 0 Å². The molecule has 0 radical (unpaired) electrons. The van der Waals surface area contributed by atoms with Crippen LogP contribution in [0.1, 0.15) is 13.3 Å². The van der Waals surface area contributed by atoms with Gasteiger partial charge in [-0.1, -0.05) is 0 Å². The molecule has 1 atom stereocenters. The second-order valence-electron chi connectivity index (χ2n) is 4.50. The van der Waals surface area contributed by atoms with Crippen LogP contribution in [0.15, 0.2) is 0 Å².